The number of esters is 1. The van der Waals surface area contributed by atoms with Crippen LogP contribution in [0.3, 0.4) is 0 Å². The van der Waals surface area contributed by atoms with E-state index in [1.807, 2.05) is 49.4 Å². The average molecular weight is 309 g/mol. The molecular weight excluding hydrogens is 290 g/mol. The molecule has 1 saturated heterocycles. The molecule has 0 N–H and O–H groups in total. The molecule has 0 aliphatic carbocycles. The third-order valence-electron chi connectivity index (χ3n) is 4.31. The highest BCUT2D eigenvalue weighted by Gasteiger charge is 2.47. The topological polar surface area (TPSA) is 46.6 Å². The van der Waals surface area contributed by atoms with Crippen molar-refractivity contribution < 1.29 is 14.3 Å². The number of benzene rings is 2. The highest BCUT2D eigenvalue weighted by atomic mass is 16.5. The molecule has 1 heterocycles. The molecule has 23 heavy (non-hydrogen) atoms. The summed E-state index contributed by atoms with van der Waals surface area (Å²) in [6.45, 7) is 2.02. The molecule has 4 heteroatoms. The van der Waals surface area contributed by atoms with Crippen molar-refractivity contribution in [2.45, 2.75) is 25.4 Å². The number of carbonyl (C=O) groups excluding carboxylic acids is 2. The van der Waals surface area contributed by atoms with Crippen molar-refractivity contribution in [3.8, 4) is 0 Å². The van der Waals surface area contributed by atoms with Crippen LogP contribution in [0.5, 0.6) is 0 Å². The summed E-state index contributed by atoms with van der Waals surface area (Å²) in [5.41, 5.74) is 2.79. The van der Waals surface area contributed by atoms with E-state index < -0.39 is 6.04 Å². The predicted molar refractivity (Wildman–Crippen MR) is 87.0 cm³/mol. The average Bonchev–Trinajstić information content (AvgIpc) is 2.56. The first-order valence-corrected chi connectivity index (χ1v) is 7.64. The van der Waals surface area contributed by atoms with Gasteiger partial charge in [-0.15, -0.1) is 0 Å². The Kier molecular flexibility index (Phi) is 4.15. The molecule has 0 saturated carbocycles. The van der Waals surface area contributed by atoms with Crippen LogP contribution in [0.2, 0.25) is 0 Å². The van der Waals surface area contributed by atoms with Crippen molar-refractivity contribution in [1.82, 2.24) is 4.90 Å². The standard InChI is InChI=1S/C19H19NO3/c1-13-8-10-14(11-9-13)16-12-17(19(22)23-2)20(16)18(21)15-6-4-3-5-7-15/h3-11,16-17H,12H2,1-2H3/t16-,17-/m1/s1. The van der Waals surface area contributed by atoms with Crippen LogP contribution < -0.4 is 0 Å². The number of hydrogen-bond acceptors (Lipinski definition) is 3. The quantitative estimate of drug-likeness (QED) is 0.818. The molecule has 3 rings (SSSR count). The van der Waals surface area contributed by atoms with E-state index in [9.17, 15) is 9.59 Å². The van der Waals surface area contributed by atoms with Crippen LogP contribution in [0.25, 0.3) is 0 Å². The molecule has 118 valence electrons. The smallest absolute Gasteiger partial charge is 0.328 e. The first-order chi connectivity index (χ1) is 11.1. The zero-order chi connectivity index (χ0) is 16.4. The van der Waals surface area contributed by atoms with Crippen molar-refractivity contribution in [3.63, 3.8) is 0 Å². The van der Waals surface area contributed by atoms with Crippen molar-refractivity contribution in [1.29, 1.82) is 0 Å². The Morgan fingerprint density at radius 1 is 1.04 bits per heavy atom. The third kappa shape index (κ3) is 2.84. The maximum Gasteiger partial charge on any atom is 0.328 e. The first kappa shape index (κ1) is 15.3. The Morgan fingerprint density at radius 3 is 2.30 bits per heavy atom. The van der Waals surface area contributed by atoms with Gasteiger partial charge in [-0.25, -0.2) is 4.79 Å². The zero-order valence-electron chi connectivity index (χ0n) is 13.2. The van der Waals surface area contributed by atoms with Crippen LogP contribution in [0.1, 0.15) is 33.9 Å². The van der Waals surface area contributed by atoms with Gasteiger partial charge in [-0.2, -0.15) is 0 Å². The highest BCUT2D eigenvalue weighted by molar-refractivity contribution is 5.98. The van der Waals surface area contributed by atoms with E-state index in [1.54, 1.807) is 17.0 Å². The van der Waals surface area contributed by atoms with Gasteiger partial charge in [-0.3, -0.25) is 4.79 Å². The summed E-state index contributed by atoms with van der Waals surface area (Å²) in [4.78, 5) is 26.4. The summed E-state index contributed by atoms with van der Waals surface area (Å²) < 4.78 is 4.84. The summed E-state index contributed by atoms with van der Waals surface area (Å²) in [5, 5.41) is 0. The number of likely N-dealkylation sites (tertiary alicyclic amines) is 1. The van der Waals surface area contributed by atoms with Gasteiger partial charge in [0, 0.05) is 12.0 Å². The second-order valence-electron chi connectivity index (χ2n) is 5.78. The van der Waals surface area contributed by atoms with E-state index >= 15 is 0 Å². The van der Waals surface area contributed by atoms with Crippen LogP contribution in [0.4, 0.5) is 0 Å². The Labute approximate surface area is 135 Å². The van der Waals surface area contributed by atoms with E-state index in [1.165, 1.54) is 12.7 Å². The van der Waals surface area contributed by atoms with E-state index in [-0.39, 0.29) is 17.9 Å². The van der Waals surface area contributed by atoms with Crippen LogP contribution >= 0.6 is 0 Å². The minimum absolute atomic E-state index is 0.0904. The van der Waals surface area contributed by atoms with Gasteiger partial charge in [-0.1, -0.05) is 48.0 Å². The van der Waals surface area contributed by atoms with Crippen molar-refractivity contribution in [2.24, 2.45) is 0 Å². The van der Waals surface area contributed by atoms with Gasteiger partial charge in [0.2, 0.25) is 0 Å². The summed E-state index contributed by atoms with van der Waals surface area (Å²) in [5.74, 6) is -0.504. The predicted octanol–water partition coefficient (Wildman–Crippen LogP) is 3.12. The van der Waals surface area contributed by atoms with Crippen molar-refractivity contribution >= 4 is 11.9 Å². The molecule has 1 amide bonds. The molecule has 0 bridgehead atoms. The van der Waals surface area contributed by atoms with Gasteiger partial charge >= 0.3 is 5.97 Å². The van der Waals surface area contributed by atoms with E-state index in [0.29, 0.717) is 12.0 Å². The minimum Gasteiger partial charge on any atom is -0.467 e. The van der Waals surface area contributed by atoms with E-state index in [4.69, 9.17) is 4.74 Å². The van der Waals surface area contributed by atoms with Crippen LogP contribution in [0, 0.1) is 6.92 Å². The van der Waals surface area contributed by atoms with Gasteiger partial charge in [0.05, 0.1) is 13.2 Å². The number of methoxy groups -OCH3 is 1. The summed E-state index contributed by atoms with van der Waals surface area (Å²) in [7, 11) is 1.35. The van der Waals surface area contributed by atoms with E-state index in [2.05, 4.69) is 0 Å². The van der Waals surface area contributed by atoms with Gasteiger partial charge in [0.1, 0.15) is 6.04 Å². The fourth-order valence-electron chi connectivity index (χ4n) is 2.96. The molecule has 1 aliphatic rings. The Balaban J connectivity index is 1.90. The van der Waals surface area contributed by atoms with Gasteiger partial charge in [0.25, 0.3) is 5.91 Å². The maximum absolute atomic E-state index is 12.8. The summed E-state index contributed by atoms with van der Waals surface area (Å²) in [6, 6.07) is 16.5. The fourth-order valence-corrected chi connectivity index (χ4v) is 2.96. The molecule has 1 aliphatic heterocycles. The van der Waals surface area contributed by atoms with Gasteiger partial charge in [0.15, 0.2) is 0 Å². The molecule has 0 unspecified atom stereocenters. The first-order valence-electron chi connectivity index (χ1n) is 7.64. The van der Waals surface area contributed by atoms with Gasteiger partial charge in [-0.05, 0) is 24.6 Å². The van der Waals surface area contributed by atoms with Crippen molar-refractivity contribution in [3.05, 3.63) is 71.3 Å². The summed E-state index contributed by atoms with van der Waals surface area (Å²) in [6.07, 6.45) is 0.592. The molecule has 2 aromatic rings. The third-order valence-corrected chi connectivity index (χ3v) is 4.31. The van der Waals surface area contributed by atoms with Crippen molar-refractivity contribution in [2.75, 3.05) is 7.11 Å². The fraction of sp³-hybridized carbons (Fsp3) is 0.263. The number of carbonyl (C=O) groups is 2. The molecule has 2 atom stereocenters. The Bertz CT molecular complexity index is 709. The Hall–Kier alpha value is -2.62. The second-order valence-corrected chi connectivity index (χ2v) is 5.78. The lowest BCUT2D eigenvalue weighted by atomic mass is 9.86. The van der Waals surface area contributed by atoms with Crippen LogP contribution in [0.15, 0.2) is 54.6 Å². The largest absolute Gasteiger partial charge is 0.467 e. The molecule has 2 aromatic carbocycles. The lowest BCUT2D eigenvalue weighted by Gasteiger charge is -2.47. The molecule has 1 fully saturated rings. The highest BCUT2D eigenvalue weighted by Crippen LogP contribution is 2.40. The number of amides is 1. The molecular formula is C19H19NO3. The lowest BCUT2D eigenvalue weighted by Crippen LogP contribution is -2.57. The molecule has 0 spiro atoms. The number of nitrogens with zero attached hydrogens (tertiary/aromatic N) is 1. The molecule has 4 nitrogen and oxygen atoms in total. The van der Waals surface area contributed by atoms with E-state index in [0.717, 1.165) is 5.56 Å². The normalized spacial score (nSPS) is 19.8. The number of aryl methyl sites for hydroxylation is 1. The number of rotatable bonds is 3. The monoisotopic (exact) mass is 309 g/mol. The van der Waals surface area contributed by atoms with Crippen LogP contribution in [-0.2, 0) is 9.53 Å². The Morgan fingerprint density at radius 2 is 1.70 bits per heavy atom. The summed E-state index contributed by atoms with van der Waals surface area (Å²) >= 11 is 0. The lowest BCUT2D eigenvalue weighted by molar-refractivity contribution is -0.153. The maximum atomic E-state index is 12.8. The SMILES string of the molecule is COC(=O)[C@H]1C[C@H](c2ccc(C)cc2)N1C(=O)c1ccccc1. The number of ether oxygens (including phenoxy) is 1. The number of hydrogen-bond donors (Lipinski definition) is 0. The second kappa shape index (κ2) is 6.24. The molecule has 0 radical (unpaired) electrons. The zero-order valence-corrected chi connectivity index (χ0v) is 13.2. The minimum atomic E-state index is -0.515. The van der Waals surface area contributed by atoms with Gasteiger partial charge < -0.3 is 9.64 Å². The van der Waals surface area contributed by atoms with Crippen LogP contribution in [-0.4, -0.2) is 29.9 Å². The molecule has 0 aromatic heterocycles.